The van der Waals surface area contributed by atoms with Gasteiger partial charge in [-0.1, -0.05) is 12.8 Å². The van der Waals surface area contributed by atoms with Crippen LogP contribution in [0.25, 0.3) is 0 Å². The summed E-state index contributed by atoms with van der Waals surface area (Å²) in [6.07, 6.45) is 2.64. The van der Waals surface area contributed by atoms with Gasteiger partial charge in [-0.25, -0.2) is 4.79 Å². The van der Waals surface area contributed by atoms with Crippen LogP contribution in [0.1, 0.15) is 47.0 Å². The predicted octanol–water partition coefficient (Wildman–Crippen LogP) is 3.05. The molecule has 0 spiro atoms. The Morgan fingerprint density at radius 1 is 1.35 bits per heavy atom. The molecule has 1 fully saturated rings. The number of likely N-dealkylation sites (tertiary alicyclic amines) is 1. The van der Waals surface area contributed by atoms with Gasteiger partial charge in [0.1, 0.15) is 5.60 Å². The van der Waals surface area contributed by atoms with Crippen LogP contribution in [-0.2, 0) is 4.74 Å². The standard InChI is InChI=1S/C14H23NO2/c1-5-6-7-12-8-10-15(11-9-12)13(16)17-14(2,3)4/h12H,5,8-11H2,1-4H3. The molecule has 1 heterocycles. The highest BCUT2D eigenvalue weighted by Gasteiger charge is 2.25. The lowest BCUT2D eigenvalue weighted by Gasteiger charge is -2.31. The Labute approximate surface area is 105 Å². The first-order chi connectivity index (χ1) is 7.92. The van der Waals surface area contributed by atoms with Crippen molar-refractivity contribution < 1.29 is 9.53 Å². The first-order valence-corrected chi connectivity index (χ1v) is 6.38. The Hall–Kier alpha value is -1.17. The molecule has 0 aromatic rings. The fraction of sp³-hybridized carbons (Fsp3) is 0.786. The minimum atomic E-state index is -0.407. The number of hydrogen-bond acceptors (Lipinski definition) is 2. The van der Waals surface area contributed by atoms with Crippen LogP contribution in [0.15, 0.2) is 0 Å². The van der Waals surface area contributed by atoms with Crippen molar-refractivity contribution in [3.05, 3.63) is 0 Å². The average molecular weight is 237 g/mol. The van der Waals surface area contributed by atoms with Gasteiger partial charge in [0.25, 0.3) is 0 Å². The molecule has 0 aromatic carbocycles. The molecule has 1 aliphatic rings. The van der Waals surface area contributed by atoms with Gasteiger partial charge in [-0.05, 0) is 33.6 Å². The lowest BCUT2D eigenvalue weighted by atomic mass is 9.98. The zero-order valence-corrected chi connectivity index (χ0v) is 11.4. The predicted molar refractivity (Wildman–Crippen MR) is 68.6 cm³/mol. The molecule has 0 saturated carbocycles. The van der Waals surface area contributed by atoms with E-state index in [-0.39, 0.29) is 6.09 Å². The van der Waals surface area contributed by atoms with Crippen LogP contribution < -0.4 is 0 Å². The molecule has 0 N–H and O–H groups in total. The highest BCUT2D eigenvalue weighted by molar-refractivity contribution is 5.68. The van der Waals surface area contributed by atoms with E-state index in [0.29, 0.717) is 5.92 Å². The first kappa shape index (κ1) is 13.9. The molecule has 0 aliphatic carbocycles. The van der Waals surface area contributed by atoms with Gasteiger partial charge in [-0.3, -0.25) is 0 Å². The van der Waals surface area contributed by atoms with E-state index < -0.39 is 5.60 Å². The monoisotopic (exact) mass is 237 g/mol. The van der Waals surface area contributed by atoms with Crippen molar-refractivity contribution in [1.82, 2.24) is 4.90 Å². The van der Waals surface area contributed by atoms with E-state index in [9.17, 15) is 4.79 Å². The summed E-state index contributed by atoms with van der Waals surface area (Å²) in [6, 6.07) is 0. The Balaban J connectivity index is 2.39. The minimum absolute atomic E-state index is 0.195. The van der Waals surface area contributed by atoms with E-state index in [1.54, 1.807) is 4.90 Å². The summed E-state index contributed by atoms with van der Waals surface area (Å²) in [5, 5.41) is 0. The molecule has 0 bridgehead atoms. The average Bonchev–Trinajstić information content (AvgIpc) is 2.24. The van der Waals surface area contributed by atoms with E-state index in [0.717, 1.165) is 32.4 Å². The maximum absolute atomic E-state index is 11.8. The number of nitrogens with zero attached hydrogens (tertiary/aromatic N) is 1. The van der Waals surface area contributed by atoms with E-state index in [1.165, 1.54) is 0 Å². The summed E-state index contributed by atoms with van der Waals surface area (Å²) in [5.41, 5.74) is -0.407. The molecule has 1 saturated heterocycles. The van der Waals surface area contributed by atoms with E-state index >= 15 is 0 Å². The maximum atomic E-state index is 11.8. The first-order valence-electron chi connectivity index (χ1n) is 6.38. The van der Waals surface area contributed by atoms with Gasteiger partial charge in [0.05, 0.1) is 0 Å². The van der Waals surface area contributed by atoms with Crippen molar-refractivity contribution >= 4 is 6.09 Å². The Kier molecular flexibility index (Phi) is 4.86. The Morgan fingerprint density at radius 2 is 1.94 bits per heavy atom. The van der Waals surface area contributed by atoms with Crippen LogP contribution in [0.4, 0.5) is 4.79 Å². The Bertz CT molecular complexity index is 311. The molecular weight excluding hydrogens is 214 g/mol. The lowest BCUT2D eigenvalue weighted by Crippen LogP contribution is -2.41. The molecule has 17 heavy (non-hydrogen) atoms. The van der Waals surface area contributed by atoms with Gasteiger partial charge in [0.15, 0.2) is 0 Å². The van der Waals surface area contributed by atoms with Crippen molar-refractivity contribution in [2.24, 2.45) is 5.92 Å². The van der Waals surface area contributed by atoms with E-state index in [2.05, 4.69) is 18.8 Å². The lowest BCUT2D eigenvalue weighted by molar-refractivity contribution is 0.0199. The van der Waals surface area contributed by atoms with Crippen molar-refractivity contribution in [3.8, 4) is 11.8 Å². The largest absolute Gasteiger partial charge is 0.444 e. The number of ether oxygens (including phenoxy) is 1. The van der Waals surface area contributed by atoms with Crippen LogP contribution in [0.2, 0.25) is 0 Å². The van der Waals surface area contributed by atoms with E-state index in [1.807, 2.05) is 20.8 Å². The maximum Gasteiger partial charge on any atom is 0.410 e. The van der Waals surface area contributed by atoms with Crippen LogP contribution in [0.3, 0.4) is 0 Å². The van der Waals surface area contributed by atoms with Gasteiger partial charge in [0.2, 0.25) is 0 Å². The van der Waals surface area contributed by atoms with Gasteiger partial charge < -0.3 is 9.64 Å². The van der Waals surface area contributed by atoms with E-state index in [4.69, 9.17) is 4.74 Å². The second-order valence-electron chi connectivity index (χ2n) is 5.42. The summed E-state index contributed by atoms with van der Waals surface area (Å²) in [7, 11) is 0. The summed E-state index contributed by atoms with van der Waals surface area (Å²) in [4.78, 5) is 13.6. The highest BCUT2D eigenvalue weighted by atomic mass is 16.6. The smallest absolute Gasteiger partial charge is 0.410 e. The molecule has 1 amide bonds. The molecule has 0 atom stereocenters. The SMILES string of the molecule is CCC#CC1CCN(C(=O)OC(C)(C)C)CC1. The molecule has 0 aromatic heterocycles. The van der Waals surface area contributed by atoms with Gasteiger partial charge in [-0.15, -0.1) is 5.92 Å². The molecule has 1 rings (SSSR count). The molecular formula is C14H23NO2. The molecule has 1 aliphatic heterocycles. The fourth-order valence-corrected chi connectivity index (χ4v) is 1.78. The van der Waals surface area contributed by atoms with Gasteiger partial charge >= 0.3 is 6.09 Å². The van der Waals surface area contributed by atoms with Crippen LogP contribution in [0, 0.1) is 17.8 Å². The number of piperidine rings is 1. The molecule has 3 heteroatoms. The van der Waals surface area contributed by atoms with Crippen molar-refractivity contribution in [1.29, 1.82) is 0 Å². The summed E-state index contributed by atoms with van der Waals surface area (Å²) in [6.45, 7) is 9.26. The second kappa shape index (κ2) is 5.95. The topological polar surface area (TPSA) is 29.5 Å². The molecule has 96 valence electrons. The third-order valence-corrected chi connectivity index (χ3v) is 2.63. The van der Waals surface area contributed by atoms with Gasteiger partial charge in [0, 0.05) is 25.4 Å². The third-order valence-electron chi connectivity index (χ3n) is 2.63. The number of carbonyl (C=O) groups excluding carboxylic acids is 1. The zero-order valence-electron chi connectivity index (χ0n) is 11.4. The number of carbonyl (C=O) groups is 1. The van der Waals surface area contributed by atoms with Crippen molar-refractivity contribution in [2.75, 3.05) is 13.1 Å². The number of rotatable bonds is 0. The zero-order chi connectivity index (χ0) is 12.9. The summed E-state index contributed by atoms with van der Waals surface area (Å²) >= 11 is 0. The fourth-order valence-electron chi connectivity index (χ4n) is 1.78. The normalized spacial score (nSPS) is 17.3. The van der Waals surface area contributed by atoms with Crippen LogP contribution >= 0.6 is 0 Å². The van der Waals surface area contributed by atoms with Gasteiger partial charge in [-0.2, -0.15) is 0 Å². The van der Waals surface area contributed by atoms with Crippen LogP contribution in [0.5, 0.6) is 0 Å². The minimum Gasteiger partial charge on any atom is -0.444 e. The molecule has 0 unspecified atom stereocenters. The van der Waals surface area contributed by atoms with Crippen molar-refractivity contribution in [2.45, 2.75) is 52.6 Å². The molecule has 3 nitrogen and oxygen atoms in total. The number of hydrogen-bond donors (Lipinski definition) is 0. The van der Waals surface area contributed by atoms with Crippen molar-refractivity contribution in [3.63, 3.8) is 0 Å². The molecule has 0 radical (unpaired) electrons. The highest BCUT2D eigenvalue weighted by Crippen LogP contribution is 2.18. The Morgan fingerprint density at radius 3 is 2.41 bits per heavy atom. The summed E-state index contributed by atoms with van der Waals surface area (Å²) in [5.74, 6) is 6.82. The van der Waals surface area contributed by atoms with Crippen LogP contribution in [-0.4, -0.2) is 29.7 Å². The quantitative estimate of drug-likeness (QED) is 0.606. The second-order valence-corrected chi connectivity index (χ2v) is 5.42. The summed E-state index contributed by atoms with van der Waals surface area (Å²) < 4.78 is 5.34. The third kappa shape index (κ3) is 5.12. The number of amides is 1.